The maximum atomic E-state index is 10.1. The van der Waals surface area contributed by atoms with Crippen LogP contribution in [0.4, 0.5) is 0 Å². The lowest BCUT2D eigenvalue weighted by molar-refractivity contribution is 0.121. The molecule has 0 aromatic carbocycles. The molecule has 2 unspecified atom stereocenters. The van der Waals surface area contributed by atoms with Gasteiger partial charge in [0.25, 0.3) is 0 Å². The van der Waals surface area contributed by atoms with E-state index < -0.39 is 0 Å². The van der Waals surface area contributed by atoms with E-state index in [0.717, 1.165) is 30.7 Å². The molecule has 0 saturated carbocycles. The average molecular weight is 226 g/mol. The molecular weight excluding hydrogens is 208 g/mol. The van der Waals surface area contributed by atoms with Gasteiger partial charge in [-0.15, -0.1) is 0 Å². The van der Waals surface area contributed by atoms with Crippen molar-refractivity contribution in [3.8, 4) is 0 Å². The Bertz CT molecular complexity index is 307. The smallest absolute Gasteiger partial charge is 0.0856 e. The molecule has 1 aromatic rings. The zero-order valence-corrected chi connectivity index (χ0v) is 9.91. The van der Waals surface area contributed by atoms with E-state index in [9.17, 15) is 5.11 Å². The van der Waals surface area contributed by atoms with E-state index in [2.05, 4.69) is 12.0 Å². The van der Waals surface area contributed by atoms with Crippen LogP contribution in [0.25, 0.3) is 0 Å². The van der Waals surface area contributed by atoms with Crippen molar-refractivity contribution in [2.75, 3.05) is 11.5 Å². The molecule has 0 radical (unpaired) electrons. The fraction of sp³-hybridized carbons (Fsp3) is 0.727. The third kappa shape index (κ3) is 2.55. The maximum Gasteiger partial charge on any atom is 0.0856 e. The second-order valence-electron chi connectivity index (χ2n) is 4.11. The molecule has 0 spiro atoms. The van der Waals surface area contributed by atoms with Crippen molar-refractivity contribution in [1.82, 2.24) is 9.78 Å². The topological polar surface area (TPSA) is 38.0 Å². The highest BCUT2D eigenvalue weighted by molar-refractivity contribution is 7.99. The molecule has 1 N–H and O–H groups in total. The molecule has 1 aliphatic rings. The number of aryl methyl sites for hydroxylation is 1. The summed E-state index contributed by atoms with van der Waals surface area (Å²) in [6, 6.07) is 0. The normalized spacial score (nSPS) is 23.2. The van der Waals surface area contributed by atoms with Gasteiger partial charge in [0.1, 0.15) is 0 Å². The quantitative estimate of drug-likeness (QED) is 0.854. The minimum atomic E-state index is -0.314. The predicted molar refractivity (Wildman–Crippen MR) is 62.9 cm³/mol. The molecule has 1 aliphatic heterocycles. The number of aliphatic hydroxyl groups excluding tert-OH is 1. The molecule has 2 rings (SSSR count). The van der Waals surface area contributed by atoms with E-state index in [4.69, 9.17) is 0 Å². The third-order valence-electron chi connectivity index (χ3n) is 2.86. The zero-order valence-electron chi connectivity index (χ0n) is 9.09. The first-order valence-corrected chi connectivity index (χ1v) is 6.75. The van der Waals surface area contributed by atoms with Crippen LogP contribution < -0.4 is 0 Å². The van der Waals surface area contributed by atoms with E-state index in [1.54, 1.807) is 0 Å². The van der Waals surface area contributed by atoms with Gasteiger partial charge in [-0.05, 0) is 30.3 Å². The van der Waals surface area contributed by atoms with E-state index >= 15 is 0 Å². The fourth-order valence-corrected chi connectivity index (χ4v) is 3.25. The number of nitrogens with zero attached hydrogens (tertiary/aromatic N) is 2. The van der Waals surface area contributed by atoms with Crippen molar-refractivity contribution in [3.05, 3.63) is 18.0 Å². The van der Waals surface area contributed by atoms with E-state index in [0.29, 0.717) is 5.92 Å². The van der Waals surface area contributed by atoms with Crippen molar-refractivity contribution in [3.63, 3.8) is 0 Å². The minimum Gasteiger partial charge on any atom is -0.388 e. The first kappa shape index (κ1) is 11.0. The summed E-state index contributed by atoms with van der Waals surface area (Å²) in [6.45, 7) is 3.07. The highest BCUT2D eigenvalue weighted by Gasteiger charge is 2.25. The van der Waals surface area contributed by atoms with E-state index in [-0.39, 0.29) is 6.10 Å². The van der Waals surface area contributed by atoms with Gasteiger partial charge in [0.05, 0.1) is 12.3 Å². The highest BCUT2D eigenvalue weighted by Crippen LogP contribution is 2.33. The van der Waals surface area contributed by atoms with Crippen LogP contribution in [0.15, 0.2) is 12.4 Å². The van der Waals surface area contributed by atoms with Crippen LogP contribution in [0, 0.1) is 5.92 Å². The molecule has 1 saturated heterocycles. The van der Waals surface area contributed by atoms with Gasteiger partial charge in [-0.3, -0.25) is 4.68 Å². The van der Waals surface area contributed by atoms with Crippen LogP contribution in [0.1, 0.15) is 31.4 Å². The van der Waals surface area contributed by atoms with E-state index in [1.807, 2.05) is 28.8 Å². The number of thioether (sulfide) groups is 1. The molecule has 1 fully saturated rings. The standard InChI is InChI=1S/C11H18N2OS/c1-2-4-13-7-10(6-12-13)11(14)9-3-5-15-8-9/h6-7,9,11,14H,2-5,8H2,1H3. The molecule has 0 aliphatic carbocycles. The molecule has 1 aromatic heterocycles. The third-order valence-corrected chi connectivity index (χ3v) is 4.05. The van der Waals surface area contributed by atoms with Crippen molar-refractivity contribution in [2.45, 2.75) is 32.4 Å². The van der Waals surface area contributed by atoms with Crippen molar-refractivity contribution < 1.29 is 5.11 Å². The van der Waals surface area contributed by atoms with Crippen molar-refractivity contribution in [1.29, 1.82) is 0 Å². The highest BCUT2D eigenvalue weighted by atomic mass is 32.2. The lowest BCUT2D eigenvalue weighted by Crippen LogP contribution is -2.11. The summed E-state index contributed by atoms with van der Waals surface area (Å²) in [5.41, 5.74) is 0.982. The van der Waals surface area contributed by atoms with Crippen molar-refractivity contribution >= 4 is 11.8 Å². The summed E-state index contributed by atoms with van der Waals surface area (Å²) in [7, 11) is 0. The molecule has 0 amide bonds. The molecule has 4 heteroatoms. The molecule has 2 atom stereocenters. The van der Waals surface area contributed by atoms with Gasteiger partial charge >= 0.3 is 0 Å². The molecule has 3 nitrogen and oxygen atoms in total. The summed E-state index contributed by atoms with van der Waals surface area (Å²) < 4.78 is 1.92. The average Bonchev–Trinajstić information content (AvgIpc) is 2.87. The van der Waals surface area contributed by atoms with Crippen LogP contribution in [0.2, 0.25) is 0 Å². The SMILES string of the molecule is CCCn1cc(C(O)C2CCSC2)cn1. The lowest BCUT2D eigenvalue weighted by Gasteiger charge is -2.14. The van der Waals surface area contributed by atoms with Crippen LogP contribution in [0.3, 0.4) is 0 Å². The predicted octanol–water partition coefficient (Wildman–Crippen LogP) is 2.08. The Kier molecular flexibility index (Phi) is 3.70. The Morgan fingerprint density at radius 1 is 1.73 bits per heavy atom. The summed E-state index contributed by atoms with van der Waals surface area (Å²) in [5.74, 6) is 2.69. The fourth-order valence-electron chi connectivity index (χ4n) is 1.96. The van der Waals surface area contributed by atoms with Crippen LogP contribution in [-0.4, -0.2) is 26.4 Å². The Morgan fingerprint density at radius 3 is 3.27 bits per heavy atom. The van der Waals surface area contributed by atoms with Gasteiger partial charge in [-0.2, -0.15) is 16.9 Å². The second kappa shape index (κ2) is 5.03. The Hall–Kier alpha value is -0.480. The summed E-state index contributed by atoms with van der Waals surface area (Å²) in [6.07, 6.45) is 5.69. The van der Waals surface area contributed by atoms with Gasteiger partial charge < -0.3 is 5.11 Å². The molecule has 84 valence electrons. The Morgan fingerprint density at radius 2 is 2.60 bits per heavy atom. The van der Waals surface area contributed by atoms with Gasteiger partial charge in [-0.25, -0.2) is 0 Å². The Labute approximate surface area is 94.9 Å². The van der Waals surface area contributed by atoms with Gasteiger partial charge in [-0.1, -0.05) is 6.92 Å². The molecule has 2 heterocycles. The zero-order chi connectivity index (χ0) is 10.7. The number of rotatable bonds is 4. The molecule has 15 heavy (non-hydrogen) atoms. The number of hydrogen-bond acceptors (Lipinski definition) is 3. The summed E-state index contributed by atoms with van der Waals surface area (Å²) in [4.78, 5) is 0. The summed E-state index contributed by atoms with van der Waals surface area (Å²) >= 11 is 1.94. The first-order valence-electron chi connectivity index (χ1n) is 5.59. The van der Waals surface area contributed by atoms with Crippen molar-refractivity contribution in [2.24, 2.45) is 5.92 Å². The Balaban J connectivity index is 2.00. The summed E-state index contributed by atoms with van der Waals surface area (Å²) in [5, 5.41) is 14.4. The number of aliphatic hydroxyl groups is 1. The maximum absolute atomic E-state index is 10.1. The van der Waals surface area contributed by atoms with E-state index in [1.165, 1.54) is 5.75 Å². The molecule has 0 bridgehead atoms. The monoisotopic (exact) mass is 226 g/mol. The largest absolute Gasteiger partial charge is 0.388 e. The lowest BCUT2D eigenvalue weighted by atomic mass is 9.98. The van der Waals surface area contributed by atoms with Gasteiger partial charge in [0.15, 0.2) is 0 Å². The van der Waals surface area contributed by atoms with Crippen LogP contribution >= 0.6 is 11.8 Å². The second-order valence-corrected chi connectivity index (χ2v) is 5.26. The van der Waals surface area contributed by atoms with Gasteiger partial charge in [0.2, 0.25) is 0 Å². The first-order chi connectivity index (χ1) is 7.31. The van der Waals surface area contributed by atoms with Crippen LogP contribution in [-0.2, 0) is 6.54 Å². The number of hydrogen-bond donors (Lipinski definition) is 1. The number of aromatic nitrogens is 2. The van der Waals surface area contributed by atoms with Gasteiger partial charge in [0, 0.05) is 18.3 Å². The molecular formula is C11H18N2OS. The van der Waals surface area contributed by atoms with Crippen LogP contribution in [0.5, 0.6) is 0 Å². The minimum absolute atomic E-state index is 0.314.